The highest BCUT2D eigenvalue weighted by atomic mass is 16.3. The van der Waals surface area contributed by atoms with E-state index in [0.29, 0.717) is 13.0 Å². The van der Waals surface area contributed by atoms with E-state index in [9.17, 15) is 9.90 Å². The van der Waals surface area contributed by atoms with Gasteiger partial charge in [0.2, 0.25) is 0 Å². The second-order valence-corrected chi connectivity index (χ2v) is 4.59. The summed E-state index contributed by atoms with van der Waals surface area (Å²) < 4.78 is 0. The number of hydrogen-bond acceptors (Lipinski definition) is 2. The lowest BCUT2D eigenvalue weighted by atomic mass is 9.75. The summed E-state index contributed by atoms with van der Waals surface area (Å²) in [6.45, 7) is 6.34. The Balaban J connectivity index is 2.94. The Kier molecular flexibility index (Phi) is 1.95. The van der Waals surface area contributed by atoms with E-state index in [1.165, 1.54) is 0 Å². The molecule has 1 aliphatic rings. The third kappa shape index (κ3) is 1.12. The topological polar surface area (TPSA) is 40.5 Å². The minimum atomic E-state index is -1.15. The summed E-state index contributed by atoms with van der Waals surface area (Å²) in [5.74, 6) is -0.144. The van der Waals surface area contributed by atoms with Crippen LogP contribution in [0, 0.1) is 5.41 Å². The molecule has 0 aromatic carbocycles. The molecule has 0 bridgehead atoms. The lowest BCUT2D eigenvalue weighted by Gasteiger charge is -2.34. The van der Waals surface area contributed by atoms with Gasteiger partial charge in [0.1, 0.15) is 5.60 Å². The molecular formula is C9H17NO2. The second kappa shape index (κ2) is 2.46. The fraction of sp³-hybridized carbons (Fsp3) is 0.889. The minimum Gasteiger partial charge on any atom is -0.379 e. The molecule has 0 radical (unpaired) electrons. The zero-order valence-electron chi connectivity index (χ0n) is 8.22. The second-order valence-electron chi connectivity index (χ2n) is 4.59. The van der Waals surface area contributed by atoms with E-state index in [1.54, 1.807) is 11.9 Å². The number of likely N-dealkylation sites (tertiary alicyclic amines) is 1. The van der Waals surface area contributed by atoms with Crippen LogP contribution < -0.4 is 0 Å². The molecule has 12 heavy (non-hydrogen) atoms. The van der Waals surface area contributed by atoms with Gasteiger partial charge in [0, 0.05) is 20.0 Å². The Morgan fingerprint density at radius 3 is 2.17 bits per heavy atom. The molecule has 0 aliphatic carbocycles. The Morgan fingerprint density at radius 1 is 1.50 bits per heavy atom. The average Bonchev–Trinajstić information content (AvgIpc) is 2.16. The number of carbonyl (C=O) groups is 1. The summed E-state index contributed by atoms with van der Waals surface area (Å²) in [4.78, 5) is 13.1. The third-order valence-electron chi connectivity index (χ3n) is 2.75. The Hall–Kier alpha value is -0.570. The van der Waals surface area contributed by atoms with Gasteiger partial charge < -0.3 is 10.0 Å². The quantitative estimate of drug-likeness (QED) is 0.580. The molecule has 1 heterocycles. The molecular weight excluding hydrogens is 154 g/mol. The van der Waals surface area contributed by atoms with Gasteiger partial charge in [-0.1, -0.05) is 20.8 Å². The molecule has 3 nitrogen and oxygen atoms in total. The van der Waals surface area contributed by atoms with Gasteiger partial charge in [0.05, 0.1) is 0 Å². The van der Waals surface area contributed by atoms with Crippen LogP contribution in [0.4, 0.5) is 0 Å². The molecule has 70 valence electrons. The fourth-order valence-corrected chi connectivity index (χ4v) is 1.55. The van der Waals surface area contributed by atoms with Crippen LogP contribution in [0.5, 0.6) is 0 Å². The SMILES string of the molecule is CN1CCC(O)(C(C)(C)C)C1=O. The number of amides is 1. The largest absolute Gasteiger partial charge is 0.379 e. The van der Waals surface area contributed by atoms with Crippen molar-refractivity contribution < 1.29 is 9.90 Å². The lowest BCUT2D eigenvalue weighted by molar-refractivity contribution is -0.152. The highest BCUT2D eigenvalue weighted by Crippen LogP contribution is 2.38. The standard InChI is InChI=1S/C9H17NO2/c1-8(2,3)9(12)5-6-10(4)7(9)11/h12H,5-6H2,1-4H3. The van der Waals surface area contributed by atoms with Crippen molar-refractivity contribution in [2.45, 2.75) is 32.8 Å². The maximum absolute atomic E-state index is 11.5. The zero-order valence-corrected chi connectivity index (χ0v) is 8.22. The van der Waals surface area contributed by atoms with Crippen molar-refractivity contribution >= 4 is 5.91 Å². The minimum absolute atomic E-state index is 0.144. The van der Waals surface area contributed by atoms with E-state index < -0.39 is 5.60 Å². The highest BCUT2D eigenvalue weighted by Gasteiger charge is 2.51. The molecule has 1 aliphatic heterocycles. The van der Waals surface area contributed by atoms with Crippen LogP contribution in [0.3, 0.4) is 0 Å². The van der Waals surface area contributed by atoms with E-state index in [2.05, 4.69) is 0 Å². The summed E-state index contributed by atoms with van der Waals surface area (Å²) in [6, 6.07) is 0. The number of rotatable bonds is 0. The number of nitrogens with zero attached hydrogens (tertiary/aromatic N) is 1. The first-order chi connectivity index (χ1) is 5.29. The number of carbonyl (C=O) groups excluding carboxylic acids is 1. The molecule has 3 heteroatoms. The Bertz CT molecular complexity index is 207. The van der Waals surface area contributed by atoms with Crippen molar-refractivity contribution in [3.05, 3.63) is 0 Å². The van der Waals surface area contributed by atoms with Crippen LogP contribution in [0.2, 0.25) is 0 Å². The number of likely N-dealkylation sites (N-methyl/N-ethyl adjacent to an activating group) is 1. The molecule has 0 spiro atoms. The van der Waals surface area contributed by atoms with Crippen LogP contribution in [-0.2, 0) is 4.79 Å². The van der Waals surface area contributed by atoms with Crippen molar-refractivity contribution in [3.8, 4) is 0 Å². The normalized spacial score (nSPS) is 31.4. The molecule has 1 atom stereocenters. The van der Waals surface area contributed by atoms with E-state index >= 15 is 0 Å². The highest BCUT2D eigenvalue weighted by molar-refractivity contribution is 5.87. The summed E-state index contributed by atoms with van der Waals surface area (Å²) >= 11 is 0. The first-order valence-corrected chi connectivity index (χ1v) is 4.27. The van der Waals surface area contributed by atoms with Gasteiger partial charge in [0.15, 0.2) is 0 Å². The van der Waals surface area contributed by atoms with Crippen molar-refractivity contribution in [2.75, 3.05) is 13.6 Å². The van der Waals surface area contributed by atoms with Crippen LogP contribution in [0.1, 0.15) is 27.2 Å². The summed E-state index contributed by atoms with van der Waals surface area (Å²) in [6.07, 6.45) is 0.547. The number of aliphatic hydroxyl groups is 1. The van der Waals surface area contributed by atoms with Crippen LogP contribution >= 0.6 is 0 Å². The van der Waals surface area contributed by atoms with Gasteiger partial charge in [-0.2, -0.15) is 0 Å². The van der Waals surface area contributed by atoms with Crippen LogP contribution in [0.15, 0.2) is 0 Å². The molecule has 0 saturated carbocycles. The summed E-state index contributed by atoms with van der Waals surface area (Å²) in [5.41, 5.74) is -1.52. The molecule has 1 rings (SSSR count). The predicted octanol–water partition coefficient (Wildman–Crippen LogP) is 0.626. The molecule has 1 unspecified atom stereocenters. The maximum Gasteiger partial charge on any atom is 0.254 e. The maximum atomic E-state index is 11.5. The van der Waals surface area contributed by atoms with Gasteiger partial charge in [0.25, 0.3) is 5.91 Å². The zero-order chi connectivity index (χ0) is 9.57. The fourth-order valence-electron chi connectivity index (χ4n) is 1.55. The molecule has 1 saturated heterocycles. The van der Waals surface area contributed by atoms with Crippen molar-refractivity contribution in [3.63, 3.8) is 0 Å². The van der Waals surface area contributed by atoms with Gasteiger partial charge in [-0.05, 0) is 5.41 Å². The van der Waals surface area contributed by atoms with Crippen molar-refractivity contribution in [1.82, 2.24) is 4.90 Å². The monoisotopic (exact) mass is 171 g/mol. The van der Waals surface area contributed by atoms with E-state index in [1.807, 2.05) is 20.8 Å². The molecule has 0 aromatic rings. The summed E-state index contributed by atoms with van der Waals surface area (Å²) in [5, 5.41) is 10.1. The Morgan fingerprint density at radius 2 is 2.00 bits per heavy atom. The van der Waals surface area contributed by atoms with Gasteiger partial charge in [-0.15, -0.1) is 0 Å². The van der Waals surface area contributed by atoms with Crippen molar-refractivity contribution in [2.24, 2.45) is 5.41 Å². The van der Waals surface area contributed by atoms with Gasteiger partial charge >= 0.3 is 0 Å². The van der Waals surface area contributed by atoms with Gasteiger partial charge in [-0.25, -0.2) is 0 Å². The van der Waals surface area contributed by atoms with Crippen LogP contribution in [0.25, 0.3) is 0 Å². The van der Waals surface area contributed by atoms with E-state index in [4.69, 9.17) is 0 Å². The summed E-state index contributed by atoms with van der Waals surface area (Å²) in [7, 11) is 1.73. The van der Waals surface area contributed by atoms with Gasteiger partial charge in [-0.3, -0.25) is 4.79 Å². The predicted molar refractivity (Wildman–Crippen MR) is 46.7 cm³/mol. The average molecular weight is 171 g/mol. The first-order valence-electron chi connectivity index (χ1n) is 4.27. The molecule has 1 fully saturated rings. The lowest BCUT2D eigenvalue weighted by Crippen LogP contribution is -2.49. The molecule has 1 N–H and O–H groups in total. The van der Waals surface area contributed by atoms with Crippen LogP contribution in [-0.4, -0.2) is 35.1 Å². The smallest absolute Gasteiger partial charge is 0.254 e. The molecule has 0 aromatic heterocycles. The molecule has 1 amide bonds. The Labute approximate surface area is 73.4 Å². The first kappa shape index (κ1) is 9.52. The number of hydrogen-bond donors (Lipinski definition) is 1. The van der Waals surface area contributed by atoms with Crippen molar-refractivity contribution in [1.29, 1.82) is 0 Å². The van der Waals surface area contributed by atoms with E-state index in [-0.39, 0.29) is 11.3 Å². The third-order valence-corrected chi connectivity index (χ3v) is 2.75. The van der Waals surface area contributed by atoms with E-state index in [0.717, 1.165) is 0 Å².